The number of hydrogen-bond donors (Lipinski definition) is 0. The Labute approximate surface area is 210 Å². The maximum Gasteiger partial charge on any atom is 0.341 e. The van der Waals surface area contributed by atoms with Crippen molar-refractivity contribution >= 4 is 44.3 Å². The first-order valence-electron chi connectivity index (χ1n) is 11.3. The molecule has 1 aliphatic heterocycles. The van der Waals surface area contributed by atoms with Crippen molar-refractivity contribution in [3.8, 4) is 17.1 Å². The lowest BCUT2D eigenvalue weighted by Gasteiger charge is -2.16. The molecule has 0 unspecified atom stereocenters. The minimum atomic E-state index is -0.550. The first-order valence-corrected chi connectivity index (χ1v) is 12.1. The van der Waals surface area contributed by atoms with Crippen molar-refractivity contribution in [3.05, 3.63) is 92.6 Å². The Hall–Kier alpha value is -3.71. The van der Waals surface area contributed by atoms with Gasteiger partial charge in [-0.25, -0.2) is 4.79 Å². The molecule has 0 fully saturated rings. The number of aryl methyl sites for hydroxylation is 1. The Bertz CT molecular complexity index is 1520. The van der Waals surface area contributed by atoms with Crippen molar-refractivity contribution in [2.75, 3.05) is 13.2 Å². The van der Waals surface area contributed by atoms with Gasteiger partial charge in [0, 0.05) is 16.1 Å². The van der Waals surface area contributed by atoms with E-state index in [9.17, 15) is 9.59 Å². The van der Waals surface area contributed by atoms with Gasteiger partial charge >= 0.3 is 5.97 Å². The smallest absolute Gasteiger partial charge is 0.341 e. The minimum Gasteiger partial charge on any atom is -0.488 e. The van der Waals surface area contributed by atoms with Crippen LogP contribution < -0.4 is 10.2 Å². The highest BCUT2D eigenvalue weighted by Gasteiger charge is 2.18. The summed E-state index contributed by atoms with van der Waals surface area (Å²) in [5.41, 5.74) is 4.02. The minimum absolute atomic E-state index is 0.190. The van der Waals surface area contributed by atoms with Crippen LogP contribution in [0.3, 0.4) is 0 Å². The zero-order valence-electron chi connectivity index (χ0n) is 19.0. The Morgan fingerprint density at radius 1 is 1.06 bits per heavy atom. The van der Waals surface area contributed by atoms with Crippen LogP contribution in [0.25, 0.3) is 22.3 Å². The lowest BCUT2D eigenvalue weighted by molar-refractivity contribution is 0.0527. The maximum atomic E-state index is 12.9. The monoisotopic (exact) mass is 531 g/mol. The van der Waals surface area contributed by atoms with E-state index in [4.69, 9.17) is 18.9 Å². The summed E-state index contributed by atoms with van der Waals surface area (Å²) >= 11 is 3.35. The van der Waals surface area contributed by atoms with E-state index in [1.54, 1.807) is 19.1 Å². The Morgan fingerprint density at radius 3 is 2.77 bits per heavy atom. The first kappa shape index (κ1) is 23.1. The van der Waals surface area contributed by atoms with Gasteiger partial charge in [0.15, 0.2) is 11.0 Å². The molecule has 7 heteroatoms. The van der Waals surface area contributed by atoms with Gasteiger partial charge in [0.1, 0.15) is 23.7 Å². The number of carbonyl (C=O) groups is 1. The third kappa shape index (κ3) is 4.91. The van der Waals surface area contributed by atoms with Crippen molar-refractivity contribution in [2.45, 2.75) is 19.8 Å². The summed E-state index contributed by atoms with van der Waals surface area (Å²) in [6, 6.07) is 20.1. The van der Waals surface area contributed by atoms with Crippen LogP contribution in [0.1, 0.15) is 29.3 Å². The molecule has 176 valence electrons. The van der Waals surface area contributed by atoms with Gasteiger partial charge in [-0.2, -0.15) is 0 Å². The summed E-state index contributed by atoms with van der Waals surface area (Å²) in [6.07, 6.45) is 1.79. The van der Waals surface area contributed by atoms with Gasteiger partial charge in [-0.15, -0.1) is 0 Å². The molecule has 35 heavy (non-hydrogen) atoms. The molecule has 0 aliphatic carbocycles. The maximum absolute atomic E-state index is 12.9. The lowest BCUT2D eigenvalue weighted by atomic mass is 10.0. The standard InChI is InChI=1S/C28H22BrNO5/c1-2-33-28(32)23-14-19(29)13-22-25(31)15-26(35-27(22)23)18-7-5-8-21(12-18)34-16-20-11-10-17-6-3-4-9-24(17)30-20/h3-9,12-15H,2,10-11,16H2,1H3. The zero-order valence-corrected chi connectivity index (χ0v) is 20.6. The van der Waals surface area contributed by atoms with Crippen molar-refractivity contribution in [1.82, 2.24) is 0 Å². The SMILES string of the molecule is CCOC(=O)c1cc(Br)cc2c(=O)cc(-c3cccc(OCC4=Nc5ccccc5CC4)c3)oc12. The van der Waals surface area contributed by atoms with Crippen LogP contribution in [0.15, 0.2) is 85.4 Å². The van der Waals surface area contributed by atoms with Crippen molar-refractivity contribution < 1.29 is 18.7 Å². The molecule has 6 nitrogen and oxygen atoms in total. The average Bonchev–Trinajstić information content (AvgIpc) is 2.87. The first-order chi connectivity index (χ1) is 17.0. The fourth-order valence-electron chi connectivity index (χ4n) is 4.07. The number of rotatable bonds is 6. The third-order valence-electron chi connectivity index (χ3n) is 5.77. The van der Waals surface area contributed by atoms with Crippen molar-refractivity contribution in [1.29, 1.82) is 0 Å². The van der Waals surface area contributed by atoms with E-state index in [0.717, 1.165) is 24.2 Å². The second kappa shape index (κ2) is 9.88. The number of esters is 1. The number of ether oxygens (including phenoxy) is 2. The van der Waals surface area contributed by atoms with Gasteiger partial charge in [0.2, 0.25) is 0 Å². The molecule has 0 N–H and O–H groups in total. The molecule has 0 spiro atoms. The molecule has 0 saturated heterocycles. The largest absolute Gasteiger partial charge is 0.488 e. The van der Waals surface area contributed by atoms with Gasteiger partial charge in [-0.3, -0.25) is 9.79 Å². The highest BCUT2D eigenvalue weighted by atomic mass is 79.9. The topological polar surface area (TPSA) is 78.1 Å². The van der Waals surface area contributed by atoms with Crippen molar-refractivity contribution in [3.63, 3.8) is 0 Å². The zero-order chi connectivity index (χ0) is 24.4. The predicted molar refractivity (Wildman–Crippen MR) is 139 cm³/mol. The van der Waals surface area contributed by atoms with E-state index in [1.807, 2.05) is 42.5 Å². The van der Waals surface area contributed by atoms with Gasteiger partial charge in [0.05, 0.1) is 23.4 Å². The number of fused-ring (bicyclic) bond motifs is 2. The van der Waals surface area contributed by atoms with E-state index >= 15 is 0 Å². The van der Waals surface area contributed by atoms with E-state index in [2.05, 4.69) is 22.0 Å². The molecular weight excluding hydrogens is 510 g/mol. The number of benzene rings is 3. The normalized spacial score (nSPS) is 12.7. The van der Waals surface area contributed by atoms with Gasteiger partial charge in [-0.1, -0.05) is 46.3 Å². The molecule has 4 aromatic rings. The van der Waals surface area contributed by atoms with E-state index in [-0.39, 0.29) is 23.2 Å². The van der Waals surface area contributed by atoms with Crippen LogP contribution in [-0.4, -0.2) is 24.9 Å². The molecular formula is C28H22BrNO5. The van der Waals surface area contributed by atoms with E-state index in [0.29, 0.717) is 33.5 Å². The van der Waals surface area contributed by atoms with E-state index < -0.39 is 5.97 Å². The van der Waals surface area contributed by atoms with Crippen LogP contribution in [0.5, 0.6) is 5.75 Å². The summed E-state index contributed by atoms with van der Waals surface area (Å²) in [4.78, 5) is 30.1. The number of aliphatic imine (C=N–C) groups is 1. The molecule has 0 bridgehead atoms. The third-order valence-corrected chi connectivity index (χ3v) is 6.22. The van der Waals surface area contributed by atoms with E-state index in [1.165, 1.54) is 11.6 Å². The van der Waals surface area contributed by atoms with Crippen LogP contribution >= 0.6 is 15.9 Å². The summed E-state index contributed by atoms with van der Waals surface area (Å²) in [7, 11) is 0. The molecule has 2 heterocycles. The summed E-state index contributed by atoms with van der Waals surface area (Å²) < 4.78 is 17.8. The Kier molecular flexibility index (Phi) is 6.51. The fraction of sp³-hybridized carbons (Fsp3) is 0.179. The molecule has 1 aliphatic rings. The van der Waals surface area contributed by atoms with Crippen LogP contribution in [0.2, 0.25) is 0 Å². The number of para-hydroxylation sites is 1. The molecule has 0 saturated carbocycles. The predicted octanol–water partition coefficient (Wildman–Crippen LogP) is 6.50. The Morgan fingerprint density at radius 2 is 1.91 bits per heavy atom. The number of carbonyl (C=O) groups excluding carboxylic acids is 1. The number of hydrogen-bond acceptors (Lipinski definition) is 6. The Balaban J connectivity index is 1.44. The van der Waals surface area contributed by atoms with Crippen LogP contribution in [0, 0.1) is 0 Å². The fourth-order valence-corrected chi connectivity index (χ4v) is 4.53. The highest BCUT2D eigenvalue weighted by molar-refractivity contribution is 9.10. The molecule has 0 amide bonds. The van der Waals surface area contributed by atoms with Crippen molar-refractivity contribution in [2.24, 2.45) is 4.99 Å². The van der Waals surface area contributed by atoms with Gasteiger partial charge in [0.25, 0.3) is 0 Å². The van der Waals surface area contributed by atoms with Gasteiger partial charge < -0.3 is 13.9 Å². The van der Waals surface area contributed by atoms with Crippen LogP contribution in [0.4, 0.5) is 5.69 Å². The second-order valence-corrected chi connectivity index (χ2v) is 9.06. The van der Waals surface area contributed by atoms with Gasteiger partial charge in [-0.05, 0) is 55.7 Å². The highest BCUT2D eigenvalue weighted by Crippen LogP contribution is 2.30. The molecule has 0 atom stereocenters. The molecule has 0 radical (unpaired) electrons. The molecule has 3 aromatic carbocycles. The quantitative estimate of drug-likeness (QED) is 0.265. The second-order valence-electron chi connectivity index (χ2n) is 8.15. The number of nitrogens with zero attached hydrogens (tertiary/aromatic N) is 1. The summed E-state index contributed by atoms with van der Waals surface area (Å²) in [5.74, 6) is 0.420. The lowest BCUT2D eigenvalue weighted by Crippen LogP contribution is -2.15. The molecule has 5 rings (SSSR count). The number of halogens is 1. The summed E-state index contributed by atoms with van der Waals surface area (Å²) in [5, 5.41) is 0.300. The molecule has 1 aromatic heterocycles. The summed E-state index contributed by atoms with van der Waals surface area (Å²) in [6.45, 7) is 2.32. The van der Waals surface area contributed by atoms with Crippen LogP contribution in [-0.2, 0) is 11.2 Å². The average molecular weight is 532 g/mol.